The first kappa shape index (κ1) is 8.08. The molecule has 0 heterocycles. The summed E-state index contributed by atoms with van der Waals surface area (Å²) in [6, 6.07) is 1.96. The molecule has 0 unspecified atom stereocenters. The van der Waals surface area contributed by atoms with Crippen molar-refractivity contribution < 1.29 is 9.95 Å². The zero-order valence-corrected chi connectivity index (χ0v) is 6.36. The molecule has 11 heavy (non-hydrogen) atoms. The Bertz CT molecular complexity index is 179. The van der Waals surface area contributed by atoms with Crippen molar-refractivity contribution in [1.29, 1.82) is 0 Å². The van der Waals surface area contributed by atoms with Crippen LogP contribution in [0.2, 0.25) is 0 Å². The highest BCUT2D eigenvalue weighted by atomic mass is 16.5. The van der Waals surface area contributed by atoms with Crippen LogP contribution >= 0.6 is 0 Å². The van der Waals surface area contributed by atoms with E-state index in [4.69, 9.17) is 5.21 Å². The number of hydrogen-bond acceptors (Lipinski definition) is 3. The fourth-order valence-corrected chi connectivity index (χ4v) is 1.44. The number of nitrogens with zero attached hydrogens (tertiary/aromatic N) is 2. The Kier molecular flexibility index (Phi) is 2.93. The molecule has 0 radical (unpaired) electrons. The minimum atomic E-state index is -0.0142. The van der Waals surface area contributed by atoms with E-state index >= 15 is 0 Å². The molecule has 1 aliphatic rings. The molecule has 0 spiro atoms. The van der Waals surface area contributed by atoms with Gasteiger partial charge < -0.3 is 10.4 Å². The second-order valence-corrected chi connectivity index (χ2v) is 2.82. The van der Waals surface area contributed by atoms with E-state index in [1.807, 2.05) is 6.01 Å². The summed E-state index contributed by atoms with van der Waals surface area (Å²) in [5, 5.41) is 21.6. The maximum Gasteiger partial charge on any atom is 0.365 e. The lowest BCUT2D eigenvalue weighted by Crippen LogP contribution is -2.23. The van der Waals surface area contributed by atoms with Gasteiger partial charge in [-0.05, 0) is 25.7 Å². The lowest BCUT2D eigenvalue weighted by atomic mass is 9.96. The molecule has 1 aliphatic carbocycles. The van der Waals surface area contributed by atoms with Gasteiger partial charge in [-0.3, -0.25) is 0 Å². The monoisotopic (exact) mass is 156 g/mol. The van der Waals surface area contributed by atoms with Gasteiger partial charge in [-0.1, -0.05) is 6.42 Å². The Hall–Kier alpha value is -1.02. The molecule has 62 valence electrons. The van der Waals surface area contributed by atoms with E-state index in [0.29, 0.717) is 4.74 Å². The average Bonchev–Trinajstić information content (AvgIpc) is 2.07. The standard InChI is InChI=1S/C7H12N2O2/c10-8-6-9(11)7-4-2-1-3-5-7/h7,10H,1-5H2. The molecule has 0 amide bonds. The lowest BCUT2D eigenvalue weighted by Gasteiger charge is -2.21. The summed E-state index contributed by atoms with van der Waals surface area (Å²) in [4.78, 5) is 0. The van der Waals surface area contributed by atoms with Gasteiger partial charge in [0.15, 0.2) is 0 Å². The zero-order chi connectivity index (χ0) is 8.10. The molecular formula is C7H12N2O2. The van der Waals surface area contributed by atoms with Crippen LogP contribution in [0.4, 0.5) is 0 Å². The van der Waals surface area contributed by atoms with Crippen molar-refractivity contribution >= 4 is 6.01 Å². The van der Waals surface area contributed by atoms with Gasteiger partial charge in [-0.2, -0.15) is 0 Å². The lowest BCUT2D eigenvalue weighted by molar-refractivity contribution is -0.500. The summed E-state index contributed by atoms with van der Waals surface area (Å²) in [7, 11) is 0. The van der Waals surface area contributed by atoms with Crippen LogP contribution < -0.4 is 0 Å². The van der Waals surface area contributed by atoms with Crippen LogP contribution in [0.5, 0.6) is 0 Å². The molecule has 1 saturated carbocycles. The van der Waals surface area contributed by atoms with Crippen LogP contribution in [0.25, 0.3) is 0 Å². The predicted octanol–water partition coefficient (Wildman–Crippen LogP) is 1.39. The molecule has 0 aliphatic heterocycles. The summed E-state index contributed by atoms with van der Waals surface area (Å²) in [5.74, 6) is 0. The summed E-state index contributed by atoms with van der Waals surface area (Å²) >= 11 is 0. The molecule has 1 rings (SSSR count). The molecule has 0 bridgehead atoms. The fraction of sp³-hybridized carbons (Fsp3) is 0.857. The molecular weight excluding hydrogens is 144 g/mol. The van der Waals surface area contributed by atoms with Gasteiger partial charge in [0.25, 0.3) is 0 Å². The molecule has 0 saturated heterocycles. The Morgan fingerprint density at radius 1 is 1.36 bits per heavy atom. The molecule has 0 aromatic carbocycles. The minimum Gasteiger partial charge on any atom is -0.707 e. The van der Waals surface area contributed by atoms with Crippen molar-refractivity contribution in [2.24, 2.45) is 5.16 Å². The maximum atomic E-state index is 10.9. The Balaban J connectivity index is 2.51. The first-order valence-electron chi connectivity index (χ1n) is 3.90. The van der Waals surface area contributed by atoms with E-state index in [1.54, 1.807) is 0 Å². The second kappa shape index (κ2) is 3.98. The highest BCUT2D eigenvalue weighted by Gasteiger charge is 2.15. The van der Waals surface area contributed by atoms with Gasteiger partial charge >= 0.3 is 6.01 Å². The molecule has 0 atom stereocenters. The van der Waals surface area contributed by atoms with Gasteiger partial charge in [0.1, 0.15) is 6.04 Å². The van der Waals surface area contributed by atoms with E-state index in [9.17, 15) is 5.21 Å². The van der Waals surface area contributed by atoms with Gasteiger partial charge in [0.05, 0.1) is 0 Å². The van der Waals surface area contributed by atoms with E-state index in [2.05, 4.69) is 5.16 Å². The highest BCUT2D eigenvalue weighted by molar-refractivity contribution is 5.32. The topological polar surface area (TPSA) is 58.7 Å². The van der Waals surface area contributed by atoms with Gasteiger partial charge in [0.2, 0.25) is 5.16 Å². The van der Waals surface area contributed by atoms with Crippen molar-refractivity contribution in [3.8, 4) is 0 Å². The van der Waals surface area contributed by atoms with Gasteiger partial charge in [0, 0.05) is 0 Å². The number of hydrogen-bond donors (Lipinski definition) is 1. The third-order valence-corrected chi connectivity index (χ3v) is 2.05. The first-order valence-corrected chi connectivity index (χ1v) is 3.90. The van der Waals surface area contributed by atoms with Crippen LogP contribution in [-0.4, -0.2) is 22.0 Å². The largest absolute Gasteiger partial charge is 0.707 e. The molecule has 4 nitrogen and oxygen atoms in total. The van der Waals surface area contributed by atoms with E-state index in [0.717, 1.165) is 25.7 Å². The van der Waals surface area contributed by atoms with Gasteiger partial charge in [-0.25, -0.2) is 4.74 Å². The van der Waals surface area contributed by atoms with Crippen molar-refractivity contribution in [3.05, 3.63) is 5.21 Å². The molecule has 4 heteroatoms. The van der Waals surface area contributed by atoms with Gasteiger partial charge in [-0.15, -0.1) is 0 Å². The summed E-state index contributed by atoms with van der Waals surface area (Å²) in [6.45, 7) is 0. The van der Waals surface area contributed by atoms with E-state index in [1.165, 1.54) is 6.42 Å². The van der Waals surface area contributed by atoms with Crippen molar-refractivity contribution in [1.82, 2.24) is 0 Å². The van der Waals surface area contributed by atoms with E-state index in [-0.39, 0.29) is 6.04 Å². The van der Waals surface area contributed by atoms with Crippen molar-refractivity contribution in [2.75, 3.05) is 0 Å². The van der Waals surface area contributed by atoms with Crippen LogP contribution in [0, 0.1) is 5.21 Å². The van der Waals surface area contributed by atoms with Crippen LogP contribution in [0.15, 0.2) is 5.16 Å². The highest BCUT2D eigenvalue weighted by Crippen LogP contribution is 2.19. The normalized spacial score (nSPS) is 18.9. The van der Waals surface area contributed by atoms with Crippen molar-refractivity contribution in [3.63, 3.8) is 0 Å². The van der Waals surface area contributed by atoms with Crippen LogP contribution in [0.3, 0.4) is 0 Å². The molecule has 1 N–H and O–H groups in total. The SMILES string of the molecule is [O-][N+](=C=NO)C1CCCCC1. The second-order valence-electron chi connectivity index (χ2n) is 2.82. The quantitative estimate of drug-likeness (QED) is 0.205. The zero-order valence-electron chi connectivity index (χ0n) is 6.36. The molecule has 0 aromatic rings. The predicted molar refractivity (Wildman–Crippen MR) is 39.7 cm³/mol. The molecule has 1 fully saturated rings. The summed E-state index contributed by atoms with van der Waals surface area (Å²) < 4.78 is 0.624. The minimum absolute atomic E-state index is 0.0142. The number of hydroxylamine groups is 1. The number of rotatable bonds is 1. The molecule has 0 aromatic heterocycles. The van der Waals surface area contributed by atoms with Crippen molar-refractivity contribution in [2.45, 2.75) is 38.1 Å². The van der Waals surface area contributed by atoms with Crippen LogP contribution in [0.1, 0.15) is 32.1 Å². The third kappa shape index (κ3) is 2.24. The van der Waals surface area contributed by atoms with Crippen LogP contribution in [-0.2, 0) is 0 Å². The smallest absolute Gasteiger partial charge is 0.365 e. The average molecular weight is 156 g/mol. The Morgan fingerprint density at radius 2 is 2.00 bits per heavy atom. The summed E-state index contributed by atoms with van der Waals surface area (Å²) in [5.41, 5.74) is 0. The maximum absolute atomic E-state index is 10.9. The summed E-state index contributed by atoms with van der Waals surface area (Å²) in [6.07, 6.45) is 5.19. The third-order valence-electron chi connectivity index (χ3n) is 2.05. The Morgan fingerprint density at radius 3 is 2.55 bits per heavy atom. The fourth-order valence-electron chi connectivity index (χ4n) is 1.44. The Labute approximate surface area is 65.4 Å². The first-order chi connectivity index (χ1) is 5.34. The van der Waals surface area contributed by atoms with E-state index < -0.39 is 0 Å².